The smallest absolute Gasteiger partial charge is 0.286 e. The van der Waals surface area contributed by atoms with E-state index in [1.807, 2.05) is 31.2 Å². The number of nitrogens with zero attached hydrogens (tertiary/aromatic N) is 2. The van der Waals surface area contributed by atoms with Crippen molar-refractivity contribution in [3.8, 4) is 0 Å². The maximum absolute atomic E-state index is 11.9. The average Bonchev–Trinajstić information content (AvgIpc) is 2.64. The molecule has 0 unspecified atom stereocenters. The lowest BCUT2D eigenvalue weighted by Gasteiger charge is -2.10. The summed E-state index contributed by atoms with van der Waals surface area (Å²) in [5.74, 6) is 0.505. The van der Waals surface area contributed by atoms with Crippen molar-refractivity contribution in [2.45, 2.75) is 19.9 Å². The maximum Gasteiger partial charge on any atom is 0.286 e. The van der Waals surface area contributed by atoms with E-state index in [2.05, 4.69) is 27.2 Å². The zero-order chi connectivity index (χ0) is 18.1. The van der Waals surface area contributed by atoms with Crippen LogP contribution in [0, 0.1) is 0 Å². The number of carbonyl (C=O) groups is 2. The number of benzene rings is 1. The molecule has 0 aliphatic rings. The summed E-state index contributed by atoms with van der Waals surface area (Å²) in [7, 11) is 0. The van der Waals surface area contributed by atoms with E-state index < -0.39 is 5.91 Å². The van der Waals surface area contributed by atoms with Crippen LogP contribution in [0.25, 0.3) is 10.9 Å². The zero-order valence-corrected chi connectivity index (χ0v) is 14.0. The normalized spacial score (nSPS) is 10.6. The molecule has 0 atom stereocenters. The topological polar surface area (TPSA) is 93.2 Å². The number of hydrogen-bond acceptors (Lipinski definition) is 6. The lowest BCUT2D eigenvalue weighted by molar-refractivity contribution is -0.120. The standard InChI is InChI=1S/C18H20N4O3/c1-3-4-11-25-13(2)18(24)20-12-16-21-15-8-6-5-7-14(15)17(22-16)19-9-10-23/h4-8,10-11H,2-3,9,12H2,1H3,(H,20,24)(H,19,21,22)/b11-4-. The largest absolute Gasteiger partial charge is 0.460 e. The lowest BCUT2D eigenvalue weighted by atomic mass is 10.2. The van der Waals surface area contributed by atoms with Gasteiger partial charge in [0.25, 0.3) is 5.91 Å². The van der Waals surface area contributed by atoms with E-state index in [9.17, 15) is 9.59 Å². The molecule has 0 fully saturated rings. The molecule has 2 rings (SSSR count). The molecule has 130 valence electrons. The van der Waals surface area contributed by atoms with Crippen LogP contribution in [0.5, 0.6) is 0 Å². The number of para-hydroxylation sites is 1. The van der Waals surface area contributed by atoms with Gasteiger partial charge in [-0.2, -0.15) is 0 Å². The molecule has 0 saturated carbocycles. The van der Waals surface area contributed by atoms with Crippen LogP contribution in [-0.2, 0) is 20.9 Å². The van der Waals surface area contributed by atoms with Crippen LogP contribution in [-0.4, -0.2) is 28.7 Å². The summed E-state index contributed by atoms with van der Waals surface area (Å²) >= 11 is 0. The van der Waals surface area contributed by atoms with Gasteiger partial charge in [-0.1, -0.05) is 25.6 Å². The van der Waals surface area contributed by atoms with Gasteiger partial charge in [-0.3, -0.25) is 4.79 Å². The molecular weight excluding hydrogens is 320 g/mol. The molecule has 2 N–H and O–H groups in total. The molecule has 0 bridgehead atoms. The fraction of sp³-hybridized carbons (Fsp3) is 0.222. The maximum atomic E-state index is 11.9. The summed E-state index contributed by atoms with van der Waals surface area (Å²) in [6, 6.07) is 7.42. The third-order valence-corrected chi connectivity index (χ3v) is 3.20. The molecule has 7 nitrogen and oxygen atoms in total. The highest BCUT2D eigenvalue weighted by Gasteiger charge is 2.10. The number of rotatable bonds is 9. The molecule has 7 heteroatoms. The van der Waals surface area contributed by atoms with Crippen molar-refractivity contribution in [2.24, 2.45) is 0 Å². The molecule has 0 saturated heterocycles. The first kappa shape index (κ1) is 18.1. The molecule has 1 amide bonds. The van der Waals surface area contributed by atoms with E-state index in [-0.39, 0.29) is 18.8 Å². The zero-order valence-electron chi connectivity index (χ0n) is 14.0. The van der Waals surface area contributed by atoms with Crippen molar-refractivity contribution >= 4 is 28.9 Å². The molecule has 0 radical (unpaired) electrons. The highest BCUT2D eigenvalue weighted by molar-refractivity contribution is 5.91. The second-order valence-electron chi connectivity index (χ2n) is 5.06. The first-order valence-corrected chi connectivity index (χ1v) is 7.87. The monoisotopic (exact) mass is 340 g/mol. The Morgan fingerprint density at radius 1 is 1.32 bits per heavy atom. The summed E-state index contributed by atoms with van der Waals surface area (Å²) in [5.41, 5.74) is 0.719. The predicted octanol–water partition coefficient (Wildman–Crippen LogP) is 2.31. The molecular formula is C18H20N4O3. The second-order valence-corrected chi connectivity index (χ2v) is 5.06. The van der Waals surface area contributed by atoms with Crippen LogP contribution in [0.4, 0.5) is 5.82 Å². The minimum atomic E-state index is -0.445. The minimum absolute atomic E-state index is 0.00945. The van der Waals surface area contributed by atoms with Crippen LogP contribution in [0.1, 0.15) is 19.2 Å². The number of anilines is 1. The molecule has 1 aromatic heterocycles. The number of nitrogens with one attached hydrogen (secondary N) is 2. The van der Waals surface area contributed by atoms with Crippen molar-refractivity contribution < 1.29 is 14.3 Å². The Kier molecular flexibility index (Phi) is 6.65. The van der Waals surface area contributed by atoms with Crippen molar-refractivity contribution in [1.82, 2.24) is 15.3 Å². The number of amides is 1. The Bertz CT molecular complexity index is 802. The summed E-state index contributed by atoms with van der Waals surface area (Å²) < 4.78 is 5.10. The van der Waals surface area contributed by atoms with E-state index >= 15 is 0 Å². The van der Waals surface area contributed by atoms with Crippen LogP contribution in [0.2, 0.25) is 0 Å². The fourth-order valence-corrected chi connectivity index (χ4v) is 2.01. The number of fused-ring (bicyclic) bond motifs is 1. The van der Waals surface area contributed by atoms with Crippen LogP contribution in [0.15, 0.2) is 48.9 Å². The van der Waals surface area contributed by atoms with Crippen molar-refractivity contribution in [3.05, 3.63) is 54.8 Å². The first-order chi connectivity index (χ1) is 12.2. The Hall–Kier alpha value is -3.22. The first-order valence-electron chi connectivity index (χ1n) is 7.87. The van der Waals surface area contributed by atoms with Gasteiger partial charge >= 0.3 is 0 Å². The van der Waals surface area contributed by atoms with E-state index in [0.717, 1.165) is 23.6 Å². The Balaban J connectivity index is 2.10. The van der Waals surface area contributed by atoms with Gasteiger partial charge in [0.05, 0.1) is 24.9 Å². The highest BCUT2D eigenvalue weighted by atomic mass is 16.5. The van der Waals surface area contributed by atoms with Crippen molar-refractivity contribution in [2.75, 3.05) is 11.9 Å². The summed E-state index contributed by atoms with van der Waals surface area (Å²) in [4.78, 5) is 31.3. The Morgan fingerprint density at radius 3 is 2.88 bits per heavy atom. The number of aldehydes is 1. The van der Waals surface area contributed by atoms with Gasteiger partial charge in [0.1, 0.15) is 12.1 Å². The van der Waals surface area contributed by atoms with Crippen molar-refractivity contribution in [3.63, 3.8) is 0 Å². The average molecular weight is 340 g/mol. The van der Waals surface area contributed by atoms with E-state index in [1.165, 1.54) is 6.26 Å². The Labute approximate surface area is 145 Å². The van der Waals surface area contributed by atoms with E-state index in [1.54, 1.807) is 6.08 Å². The van der Waals surface area contributed by atoms with Gasteiger partial charge in [0.15, 0.2) is 11.6 Å². The van der Waals surface area contributed by atoms with Crippen molar-refractivity contribution in [1.29, 1.82) is 0 Å². The van der Waals surface area contributed by atoms with Gasteiger partial charge in [-0.25, -0.2) is 9.97 Å². The van der Waals surface area contributed by atoms with E-state index in [4.69, 9.17) is 4.74 Å². The number of ether oxygens (including phenoxy) is 1. The third-order valence-electron chi connectivity index (χ3n) is 3.20. The van der Waals surface area contributed by atoms with Crippen LogP contribution in [0.3, 0.4) is 0 Å². The molecule has 0 aliphatic heterocycles. The summed E-state index contributed by atoms with van der Waals surface area (Å²) in [5, 5.41) is 6.40. The minimum Gasteiger partial charge on any atom is -0.460 e. The lowest BCUT2D eigenvalue weighted by Crippen LogP contribution is -2.25. The number of carbonyl (C=O) groups excluding carboxylic acids is 2. The summed E-state index contributed by atoms with van der Waals surface area (Å²) in [6.45, 7) is 5.77. The van der Waals surface area contributed by atoms with Crippen LogP contribution >= 0.6 is 0 Å². The fourth-order valence-electron chi connectivity index (χ4n) is 2.01. The third kappa shape index (κ3) is 5.13. The molecule has 2 aromatic rings. The molecule has 1 aromatic carbocycles. The van der Waals surface area contributed by atoms with Gasteiger partial charge in [0, 0.05) is 5.39 Å². The number of allylic oxidation sites excluding steroid dienone is 1. The molecule has 0 spiro atoms. The highest BCUT2D eigenvalue weighted by Crippen LogP contribution is 2.19. The van der Waals surface area contributed by atoms with Gasteiger partial charge in [0.2, 0.25) is 0 Å². The molecule has 0 aliphatic carbocycles. The van der Waals surface area contributed by atoms with Gasteiger partial charge < -0.3 is 20.2 Å². The predicted molar refractivity (Wildman–Crippen MR) is 95.6 cm³/mol. The Morgan fingerprint density at radius 2 is 2.12 bits per heavy atom. The molecule has 25 heavy (non-hydrogen) atoms. The van der Waals surface area contributed by atoms with Gasteiger partial charge in [-0.15, -0.1) is 0 Å². The SMILES string of the molecule is C=C(O/C=C\CC)C(=O)NCc1nc(NCC=O)c2ccccc2n1. The summed E-state index contributed by atoms with van der Waals surface area (Å²) in [6.07, 6.45) is 4.76. The quantitative estimate of drug-likeness (QED) is 0.413. The van der Waals surface area contributed by atoms with E-state index in [0.29, 0.717) is 11.6 Å². The number of aromatic nitrogens is 2. The van der Waals surface area contributed by atoms with Gasteiger partial charge in [-0.05, 0) is 24.6 Å². The number of hydrogen-bond donors (Lipinski definition) is 2. The second kappa shape index (κ2) is 9.17. The van der Waals surface area contributed by atoms with Crippen LogP contribution < -0.4 is 10.6 Å². The molecule has 1 heterocycles.